The first-order chi connectivity index (χ1) is 7.10. The number of aldehydes is 1. The largest absolute Gasteiger partial charge is 0.495 e. The molecule has 0 bridgehead atoms. The predicted octanol–water partition coefficient (Wildman–Crippen LogP) is 0.996. The van der Waals surface area contributed by atoms with Crippen molar-refractivity contribution in [2.75, 3.05) is 19.1 Å². The summed E-state index contributed by atoms with van der Waals surface area (Å²) >= 11 is 0. The molecule has 80 valence electrons. The van der Waals surface area contributed by atoms with Gasteiger partial charge >= 0.3 is 0 Å². The molecule has 0 aromatic heterocycles. The van der Waals surface area contributed by atoms with E-state index in [0.717, 1.165) is 11.0 Å². The van der Waals surface area contributed by atoms with Crippen molar-refractivity contribution < 1.29 is 18.7 Å². The van der Waals surface area contributed by atoms with Crippen molar-refractivity contribution >= 4 is 17.9 Å². The Balaban J connectivity index is 3.16. The quantitative estimate of drug-likeness (QED) is 0.553. The second-order valence-corrected chi connectivity index (χ2v) is 2.83. The number of hydrogen-bond donors (Lipinski definition) is 0. The number of hydrogen-bond acceptors (Lipinski definition) is 3. The average molecular weight is 211 g/mol. The highest BCUT2D eigenvalue weighted by atomic mass is 19.1. The molecule has 1 rings (SSSR count). The van der Waals surface area contributed by atoms with Gasteiger partial charge in [-0.25, -0.2) is 4.39 Å². The van der Waals surface area contributed by atoms with Gasteiger partial charge in [-0.05, 0) is 12.1 Å². The summed E-state index contributed by atoms with van der Waals surface area (Å²) in [6.07, 6.45) is 0.157. The van der Waals surface area contributed by atoms with Crippen LogP contribution in [0.15, 0.2) is 18.2 Å². The third kappa shape index (κ3) is 2.31. The van der Waals surface area contributed by atoms with E-state index in [-0.39, 0.29) is 12.0 Å². The molecule has 0 N–H and O–H groups in total. The van der Waals surface area contributed by atoms with Crippen LogP contribution in [0.3, 0.4) is 0 Å². The van der Waals surface area contributed by atoms with E-state index in [9.17, 15) is 14.0 Å². The minimum Gasteiger partial charge on any atom is -0.495 e. The van der Waals surface area contributed by atoms with Crippen molar-refractivity contribution in [2.24, 2.45) is 0 Å². The average Bonchev–Trinajstić information content (AvgIpc) is 2.27. The first kappa shape index (κ1) is 11.2. The lowest BCUT2D eigenvalue weighted by atomic mass is 10.2. The number of methoxy groups -OCH3 is 1. The van der Waals surface area contributed by atoms with E-state index < -0.39 is 11.7 Å². The molecule has 0 atom stereocenters. The Hall–Kier alpha value is -1.91. The summed E-state index contributed by atoms with van der Waals surface area (Å²) < 4.78 is 17.9. The highest BCUT2D eigenvalue weighted by Crippen LogP contribution is 2.27. The fraction of sp³-hybridized carbons (Fsp3) is 0.200. The molecule has 0 fully saturated rings. The minimum atomic E-state index is -0.765. The van der Waals surface area contributed by atoms with Gasteiger partial charge in [0.25, 0.3) is 5.91 Å². The molecule has 1 aromatic rings. The highest BCUT2D eigenvalue weighted by molar-refractivity contribution is 6.30. The summed E-state index contributed by atoms with van der Waals surface area (Å²) in [5.41, 5.74) is 0.217. The SMILES string of the molecule is COc1ccc(F)cc1N(C)C(=O)C=O. The zero-order valence-corrected chi connectivity index (χ0v) is 8.36. The number of ether oxygens (including phenoxy) is 1. The number of nitrogens with zero attached hydrogens (tertiary/aromatic N) is 1. The smallest absolute Gasteiger partial charge is 0.290 e. The number of carbonyl (C=O) groups is 2. The predicted molar refractivity (Wildman–Crippen MR) is 52.4 cm³/mol. The number of benzene rings is 1. The van der Waals surface area contributed by atoms with E-state index >= 15 is 0 Å². The molecule has 0 aliphatic rings. The molecule has 5 heteroatoms. The molecular formula is C10H10FNO3. The maximum Gasteiger partial charge on any atom is 0.290 e. The summed E-state index contributed by atoms with van der Waals surface area (Å²) in [6.45, 7) is 0. The third-order valence-electron chi connectivity index (χ3n) is 1.93. The molecule has 0 aliphatic carbocycles. The molecule has 0 spiro atoms. The molecule has 15 heavy (non-hydrogen) atoms. The lowest BCUT2D eigenvalue weighted by molar-refractivity contribution is -0.129. The summed E-state index contributed by atoms with van der Waals surface area (Å²) in [6, 6.07) is 3.72. The summed E-state index contributed by atoms with van der Waals surface area (Å²) in [5.74, 6) is -0.940. The normalized spacial score (nSPS) is 9.53. The molecule has 0 unspecified atom stereocenters. The number of anilines is 1. The lowest BCUT2D eigenvalue weighted by Crippen LogP contribution is -2.27. The van der Waals surface area contributed by atoms with Gasteiger partial charge in [0.1, 0.15) is 11.6 Å². The molecule has 0 aliphatic heterocycles. The second-order valence-electron chi connectivity index (χ2n) is 2.83. The Morgan fingerprint density at radius 2 is 2.20 bits per heavy atom. The van der Waals surface area contributed by atoms with Crippen LogP contribution >= 0.6 is 0 Å². The van der Waals surface area contributed by atoms with E-state index in [1.165, 1.54) is 26.3 Å². The van der Waals surface area contributed by atoms with Crippen LogP contribution in [-0.4, -0.2) is 26.4 Å². The van der Waals surface area contributed by atoms with Crippen molar-refractivity contribution in [3.8, 4) is 5.75 Å². The van der Waals surface area contributed by atoms with Crippen LogP contribution in [0.25, 0.3) is 0 Å². The fourth-order valence-corrected chi connectivity index (χ4v) is 1.12. The molecule has 0 saturated carbocycles. The van der Waals surface area contributed by atoms with Crippen molar-refractivity contribution in [3.05, 3.63) is 24.0 Å². The van der Waals surface area contributed by atoms with Gasteiger partial charge in [-0.1, -0.05) is 0 Å². The maximum absolute atomic E-state index is 12.9. The molecule has 0 radical (unpaired) electrons. The summed E-state index contributed by atoms with van der Waals surface area (Å²) in [5, 5.41) is 0. The van der Waals surface area contributed by atoms with E-state index in [0.29, 0.717) is 5.75 Å². The Morgan fingerprint density at radius 1 is 1.53 bits per heavy atom. The van der Waals surface area contributed by atoms with E-state index in [1.807, 2.05) is 0 Å². The lowest BCUT2D eigenvalue weighted by Gasteiger charge is -2.17. The topological polar surface area (TPSA) is 46.6 Å². The zero-order valence-electron chi connectivity index (χ0n) is 8.36. The number of rotatable bonds is 3. The van der Waals surface area contributed by atoms with Crippen molar-refractivity contribution in [1.29, 1.82) is 0 Å². The fourth-order valence-electron chi connectivity index (χ4n) is 1.12. The summed E-state index contributed by atoms with van der Waals surface area (Å²) in [4.78, 5) is 22.4. The van der Waals surface area contributed by atoms with Gasteiger partial charge in [0.15, 0.2) is 0 Å². The molecule has 4 nitrogen and oxygen atoms in total. The highest BCUT2D eigenvalue weighted by Gasteiger charge is 2.14. The van der Waals surface area contributed by atoms with Crippen LogP contribution in [0.4, 0.5) is 10.1 Å². The van der Waals surface area contributed by atoms with Crippen LogP contribution in [0.5, 0.6) is 5.75 Å². The van der Waals surface area contributed by atoms with Gasteiger partial charge in [-0.3, -0.25) is 9.59 Å². The van der Waals surface area contributed by atoms with Crippen molar-refractivity contribution in [3.63, 3.8) is 0 Å². The molecule has 0 heterocycles. The first-order valence-corrected chi connectivity index (χ1v) is 4.16. The van der Waals surface area contributed by atoms with E-state index in [1.54, 1.807) is 0 Å². The molecular weight excluding hydrogens is 201 g/mol. The maximum atomic E-state index is 12.9. The summed E-state index contributed by atoms with van der Waals surface area (Å²) in [7, 11) is 2.77. The second kappa shape index (κ2) is 4.54. The molecule has 0 saturated heterocycles. The Labute approximate surface area is 86.3 Å². The van der Waals surface area contributed by atoms with Gasteiger partial charge in [0.05, 0.1) is 12.8 Å². The Bertz CT molecular complexity index is 392. The number of likely N-dealkylation sites (N-methyl/N-ethyl adjacent to an activating group) is 1. The van der Waals surface area contributed by atoms with Gasteiger partial charge < -0.3 is 9.64 Å². The monoisotopic (exact) mass is 211 g/mol. The van der Waals surface area contributed by atoms with Crippen LogP contribution in [-0.2, 0) is 9.59 Å². The van der Waals surface area contributed by atoms with Gasteiger partial charge in [-0.2, -0.15) is 0 Å². The van der Waals surface area contributed by atoms with E-state index in [2.05, 4.69) is 0 Å². The van der Waals surface area contributed by atoms with Gasteiger partial charge in [0.2, 0.25) is 6.29 Å². The van der Waals surface area contributed by atoms with Gasteiger partial charge in [-0.15, -0.1) is 0 Å². The van der Waals surface area contributed by atoms with Crippen molar-refractivity contribution in [1.82, 2.24) is 0 Å². The molecule has 1 aromatic carbocycles. The van der Waals surface area contributed by atoms with Crippen LogP contribution in [0, 0.1) is 5.82 Å². The Kier molecular flexibility index (Phi) is 3.38. The zero-order chi connectivity index (χ0) is 11.4. The van der Waals surface area contributed by atoms with Crippen molar-refractivity contribution in [2.45, 2.75) is 0 Å². The number of amides is 1. The third-order valence-corrected chi connectivity index (χ3v) is 1.93. The van der Waals surface area contributed by atoms with E-state index in [4.69, 9.17) is 4.74 Å². The van der Waals surface area contributed by atoms with Crippen LogP contribution in [0.2, 0.25) is 0 Å². The standard InChI is InChI=1S/C10H10FNO3/c1-12(10(14)6-13)8-5-7(11)3-4-9(8)15-2/h3-6H,1-2H3. The minimum absolute atomic E-state index is 0.157. The Morgan fingerprint density at radius 3 is 2.73 bits per heavy atom. The number of carbonyl (C=O) groups excluding carboxylic acids is 2. The first-order valence-electron chi connectivity index (χ1n) is 4.16. The molecule has 1 amide bonds. The van der Waals surface area contributed by atoms with Crippen LogP contribution < -0.4 is 9.64 Å². The van der Waals surface area contributed by atoms with Gasteiger partial charge in [0, 0.05) is 13.1 Å². The van der Waals surface area contributed by atoms with Crippen LogP contribution in [0.1, 0.15) is 0 Å². The number of halogens is 1.